The Morgan fingerprint density at radius 3 is 2.56 bits per heavy atom. The van der Waals surface area contributed by atoms with E-state index in [1.165, 1.54) is 34.9 Å². The summed E-state index contributed by atoms with van der Waals surface area (Å²) in [5.74, 6) is -0.159. The lowest BCUT2D eigenvalue weighted by atomic mass is 10.1. The van der Waals surface area contributed by atoms with Gasteiger partial charge in [0, 0.05) is 41.5 Å². The molecule has 2 aromatic carbocycles. The van der Waals surface area contributed by atoms with Crippen LogP contribution in [0.4, 0.5) is 5.69 Å². The van der Waals surface area contributed by atoms with Crippen LogP contribution in [0.5, 0.6) is 5.75 Å². The second-order valence-electron chi connectivity index (χ2n) is 7.56. The number of sulfonamides is 1. The van der Waals surface area contributed by atoms with Gasteiger partial charge in [-0.2, -0.15) is 4.31 Å². The maximum atomic E-state index is 13.3. The third kappa shape index (κ3) is 4.85. The van der Waals surface area contributed by atoms with Gasteiger partial charge >= 0.3 is 0 Å². The molecule has 1 N–H and O–H groups in total. The standard InChI is InChI=1S/C23H25N3O4S2/c1-30-20-10-9-17(16-21(20)32(28,29)26-12-4-2-3-5-13-26)22(27)25-19-8-6-7-18(15-19)23-24-11-14-31-23/h6-11,14-16H,2-5,12-13H2,1H3,(H,25,27). The Balaban J connectivity index is 1.61. The summed E-state index contributed by atoms with van der Waals surface area (Å²) < 4.78 is 33.5. The summed E-state index contributed by atoms with van der Waals surface area (Å²) in [6, 6.07) is 11.9. The first-order valence-corrected chi connectivity index (χ1v) is 12.8. The van der Waals surface area contributed by atoms with E-state index >= 15 is 0 Å². The van der Waals surface area contributed by atoms with Crippen LogP contribution < -0.4 is 10.1 Å². The van der Waals surface area contributed by atoms with Gasteiger partial charge in [0.2, 0.25) is 10.0 Å². The van der Waals surface area contributed by atoms with Gasteiger partial charge in [-0.25, -0.2) is 13.4 Å². The maximum Gasteiger partial charge on any atom is 0.255 e. The number of benzene rings is 2. The number of amides is 1. The van der Waals surface area contributed by atoms with E-state index in [1.807, 2.05) is 23.6 Å². The summed E-state index contributed by atoms with van der Waals surface area (Å²) in [5, 5.41) is 5.61. The van der Waals surface area contributed by atoms with Crippen molar-refractivity contribution >= 4 is 33.0 Å². The monoisotopic (exact) mass is 471 g/mol. The predicted octanol–water partition coefficient (Wildman–Crippen LogP) is 4.64. The summed E-state index contributed by atoms with van der Waals surface area (Å²) >= 11 is 1.51. The molecule has 3 aromatic rings. The Bertz CT molecular complexity index is 1190. The molecule has 0 saturated carbocycles. The van der Waals surface area contributed by atoms with Gasteiger partial charge in [-0.15, -0.1) is 11.3 Å². The molecule has 1 saturated heterocycles. The van der Waals surface area contributed by atoms with Crippen molar-refractivity contribution < 1.29 is 17.9 Å². The molecular weight excluding hydrogens is 446 g/mol. The first-order valence-electron chi connectivity index (χ1n) is 10.5. The number of methoxy groups -OCH3 is 1. The number of anilines is 1. The first-order chi connectivity index (χ1) is 15.5. The molecule has 4 rings (SSSR count). The molecule has 32 heavy (non-hydrogen) atoms. The highest BCUT2D eigenvalue weighted by molar-refractivity contribution is 7.89. The number of rotatable bonds is 6. The zero-order valence-electron chi connectivity index (χ0n) is 17.8. The average molecular weight is 472 g/mol. The van der Waals surface area contributed by atoms with Crippen LogP contribution in [0.15, 0.2) is 58.9 Å². The Morgan fingerprint density at radius 2 is 1.88 bits per heavy atom. The van der Waals surface area contributed by atoms with Crippen molar-refractivity contribution in [2.45, 2.75) is 30.6 Å². The Kier molecular flexibility index (Phi) is 6.88. The Morgan fingerprint density at radius 1 is 1.09 bits per heavy atom. The summed E-state index contributed by atoms with van der Waals surface area (Å²) in [6.07, 6.45) is 5.43. The van der Waals surface area contributed by atoms with Gasteiger partial charge in [0.15, 0.2) is 0 Å². The van der Waals surface area contributed by atoms with Crippen LogP contribution in [-0.4, -0.2) is 43.8 Å². The molecule has 0 unspecified atom stereocenters. The van der Waals surface area contributed by atoms with E-state index in [4.69, 9.17) is 4.74 Å². The van der Waals surface area contributed by atoms with Crippen molar-refractivity contribution in [1.29, 1.82) is 0 Å². The van der Waals surface area contributed by atoms with Crippen molar-refractivity contribution in [3.63, 3.8) is 0 Å². The smallest absolute Gasteiger partial charge is 0.255 e. The fourth-order valence-electron chi connectivity index (χ4n) is 3.74. The predicted molar refractivity (Wildman–Crippen MR) is 126 cm³/mol. The summed E-state index contributed by atoms with van der Waals surface area (Å²) in [4.78, 5) is 17.3. The number of carbonyl (C=O) groups is 1. The number of carbonyl (C=O) groups excluding carboxylic acids is 1. The largest absolute Gasteiger partial charge is 0.495 e. The summed E-state index contributed by atoms with van der Waals surface area (Å²) in [6.45, 7) is 0.955. The molecule has 0 aliphatic carbocycles. The molecule has 0 radical (unpaired) electrons. The van der Waals surface area contributed by atoms with Crippen LogP contribution in [0.25, 0.3) is 10.6 Å². The number of thiazole rings is 1. The minimum absolute atomic E-state index is 0.0195. The number of ether oxygens (including phenoxy) is 1. The van der Waals surface area contributed by atoms with Crippen LogP contribution in [0, 0.1) is 0 Å². The summed E-state index contributed by atoms with van der Waals surface area (Å²) in [5.41, 5.74) is 1.76. The fourth-order valence-corrected chi connectivity index (χ4v) is 6.07. The van der Waals surface area contributed by atoms with Crippen molar-refractivity contribution in [3.05, 3.63) is 59.6 Å². The lowest BCUT2D eigenvalue weighted by Crippen LogP contribution is -2.32. The second kappa shape index (κ2) is 9.81. The Labute approximate surface area is 192 Å². The molecule has 0 spiro atoms. The average Bonchev–Trinajstić information content (AvgIpc) is 3.20. The SMILES string of the molecule is COc1ccc(C(=O)Nc2cccc(-c3nccs3)c2)cc1S(=O)(=O)N1CCCCCC1. The van der Waals surface area contributed by atoms with Gasteiger partial charge in [-0.1, -0.05) is 25.0 Å². The second-order valence-corrected chi connectivity index (χ2v) is 10.4. The van der Waals surface area contributed by atoms with E-state index in [-0.39, 0.29) is 16.2 Å². The van der Waals surface area contributed by atoms with Gasteiger partial charge in [0.25, 0.3) is 5.91 Å². The highest BCUT2D eigenvalue weighted by Gasteiger charge is 2.29. The number of hydrogen-bond acceptors (Lipinski definition) is 6. The van der Waals surface area contributed by atoms with E-state index in [0.717, 1.165) is 36.3 Å². The quantitative estimate of drug-likeness (QED) is 0.566. The molecule has 1 aliphatic heterocycles. The lowest BCUT2D eigenvalue weighted by molar-refractivity contribution is 0.102. The zero-order valence-corrected chi connectivity index (χ0v) is 19.4. The number of aromatic nitrogens is 1. The summed E-state index contributed by atoms with van der Waals surface area (Å²) in [7, 11) is -2.34. The van der Waals surface area contributed by atoms with Gasteiger partial charge in [0.05, 0.1) is 7.11 Å². The van der Waals surface area contributed by atoms with Crippen molar-refractivity contribution in [1.82, 2.24) is 9.29 Å². The van der Waals surface area contributed by atoms with E-state index in [2.05, 4.69) is 10.3 Å². The minimum atomic E-state index is -3.77. The van der Waals surface area contributed by atoms with Crippen molar-refractivity contribution in [2.75, 3.05) is 25.5 Å². The van der Waals surface area contributed by atoms with Gasteiger partial charge < -0.3 is 10.1 Å². The van der Waals surface area contributed by atoms with E-state index in [0.29, 0.717) is 18.8 Å². The minimum Gasteiger partial charge on any atom is -0.495 e. The van der Waals surface area contributed by atoms with Gasteiger partial charge in [0.1, 0.15) is 15.7 Å². The fraction of sp³-hybridized carbons (Fsp3) is 0.304. The third-order valence-corrected chi connectivity index (χ3v) is 8.15. The number of nitrogens with zero attached hydrogens (tertiary/aromatic N) is 2. The van der Waals surface area contributed by atoms with Gasteiger partial charge in [-0.3, -0.25) is 4.79 Å². The first kappa shape index (κ1) is 22.4. The Hall–Kier alpha value is -2.75. The molecule has 1 aromatic heterocycles. The van der Waals surface area contributed by atoms with E-state index in [1.54, 1.807) is 18.3 Å². The lowest BCUT2D eigenvalue weighted by Gasteiger charge is -2.21. The topological polar surface area (TPSA) is 88.6 Å². The van der Waals surface area contributed by atoms with E-state index in [9.17, 15) is 13.2 Å². The molecular formula is C23H25N3O4S2. The molecule has 0 atom stereocenters. The molecule has 7 nitrogen and oxygen atoms in total. The molecule has 1 aliphatic rings. The molecule has 2 heterocycles. The van der Waals surface area contributed by atoms with Crippen LogP contribution >= 0.6 is 11.3 Å². The van der Waals surface area contributed by atoms with Crippen molar-refractivity contribution in [3.8, 4) is 16.3 Å². The highest BCUT2D eigenvalue weighted by Crippen LogP contribution is 2.30. The van der Waals surface area contributed by atoms with E-state index < -0.39 is 15.9 Å². The van der Waals surface area contributed by atoms with Crippen LogP contribution in [0.1, 0.15) is 36.0 Å². The molecule has 1 amide bonds. The molecule has 9 heteroatoms. The van der Waals surface area contributed by atoms with Crippen LogP contribution in [0.2, 0.25) is 0 Å². The van der Waals surface area contributed by atoms with Crippen molar-refractivity contribution in [2.24, 2.45) is 0 Å². The zero-order chi connectivity index (χ0) is 22.6. The van der Waals surface area contributed by atoms with Crippen LogP contribution in [-0.2, 0) is 10.0 Å². The molecule has 1 fully saturated rings. The molecule has 0 bridgehead atoms. The number of nitrogens with one attached hydrogen (secondary N) is 1. The number of hydrogen-bond donors (Lipinski definition) is 1. The molecule has 168 valence electrons. The van der Waals surface area contributed by atoms with Gasteiger partial charge in [-0.05, 0) is 43.2 Å². The highest BCUT2D eigenvalue weighted by atomic mass is 32.2. The normalized spacial score (nSPS) is 15.2. The maximum absolute atomic E-state index is 13.3. The third-order valence-electron chi connectivity index (χ3n) is 5.41. The van der Waals surface area contributed by atoms with Crippen LogP contribution in [0.3, 0.4) is 0 Å².